The number of carbonyl (C=O) groups excluding carboxylic acids is 1. The third-order valence-electron chi connectivity index (χ3n) is 5.93. The van der Waals surface area contributed by atoms with Crippen LogP contribution in [0.2, 0.25) is 0 Å². The lowest BCUT2D eigenvalue weighted by molar-refractivity contribution is -0.135. The molecule has 1 heterocycles. The van der Waals surface area contributed by atoms with Gasteiger partial charge in [-0.2, -0.15) is 0 Å². The van der Waals surface area contributed by atoms with Gasteiger partial charge in [-0.3, -0.25) is 4.79 Å². The Morgan fingerprint density at radius 2 is 1.83 bits per heavy atom. The van der Waals surface area contributed by atoms with Crippen molar-refractivity contribution >= 4 is 15.7 Å². The Labute approximate surface area is 176 Å². The Hall–Kier alpha value is -2.41. The Morgan fingerprint density at radius 3 is 2.43 bits per heavy atom. The molecule has 30 heavy (non-hydrogen) atoms. The number of ether oxygens (including phenoxy) is 1. The highest BCUT2D eigenvalue weighted by Gasteiger charge is 2.48. The Bertz CT molecular complexity index is 1000. The number of halogens is 1. The lowest BCUT2D eigenvalue weighted by Gasteiger charge is -2.29. The summed E-state index contributed by atoms with van der Waals surface area (Å²) in [5, 5.41) is 0. The molecular weight excluding hydrogens is 405 g/mol. The number of amides is 1. The first kappa shape index (κ1) is 20.8. The number of rotatable bonds is 7. The SMILES string of the molecule is CCOc1ccc(C2CC2C(=O)N(Cc2ccc(F)cc2)C2CCS(=O)(=O)C2)cc1. The summed E-state index contributed by atoms with van der Waals surface area (Å²) in [6.07, 6.45) is 1.21. The van der Waals surface area contributed by atoms with Gasteiger partial charge in [0.05, 0.1) is 18.1 Å². The summed E-state index contributed by atoms with van der Waals surface area (Å²) in [5.74, 6) is 0.559. The summed E-state index contributed by atoms with van der Waals surface area (Å²) in [7, 11) is -3.12. The van der Waals surface area contributed by atoms with Crippen LogP contribution in [0.3, 0.4) is 0 Å². The molecule has 0 N–H and O–H groups in total. The van der Waals surface area contributed by atoms with Crippen LogP contribution < -0.4 is 4.74 Å². The predicted octanol–water partition coefficient (Wildman–Crippen LogP) is 3.54. The van der Waals surface area contributed by atoms with E-state index in [-0.39, 0.29) is 41.1 Å². The van der Waals surface area contributed by atoms with Crippen molar-refractivity contribution in [1.29, 1.82) is 0 Å². The van der Waals surface area contributed by atoms with Gasteiger partial charge in [0, 0.05) is 18.5 Å². The standard InChI is InChI=1S/C23H26FNO4S/c1-2-29-20-9-5-17(6-10-20)21-13-22(21)23(26)25(19-11-12-30(27,28)15-19)14-16-3-7-18(24)8-4-16/h3-10,19,21-22H,2,11-15H2,1H3. The average Bonchev–Trinajstić information content (AvgIpc) is 3.44. The van der Waals surface area contributed by atoms with Crippen molar-refractivity contribution in [1.82, 2.24) is 4.90 Å². The highest BCUT2D eigenvalue weighted by atomic mass is 32.2. The third-order valence-corrected chi connectivity index (χ3v) is 7.68. The first-order chi connectivity index (χ1) is 14.4. The number of hydrogen-bond donors (Lipinski definition) is 0. The number of sulfone groups is 1. The Kier molecular flexibility index (Phi) is 5.82. The molecule has 2 fully saturated rings. The van der Waals surface area contributed by atoms with Gasteiger partial charge in [-0.25, -0.2) is 12.8 Å². The van der Waals surface area contributed by atoms with Crippen LogP contribution in [-0.4, -0.2) is 43.4 Å². The van der Waals surface area contributed by atoms with Crippen LogP contribution >= 0.6 is 0 Å². The van der Waals surface area contributed by atoms with E-state index < -0.39 is 9.84 Å². The van der Waals surface area contributed by atoms with Crippen LogP contribution in [0, 0.1) is 11.7 Å². The molecule has 160 valence electrons. The second kappa shape index (κ2) is 8.38. The highest BCUT2D eigenvalue weighted by molar-refractivity contribution is 7.91. The second-order valence-corrected chi connectivity index (χ2v) is 10.3. The van der Waals surface area contributed by atoms with Gasteiger partial charge in [-0.15, -0.1) is 0 Å². The highest BCUT2D eigenvalue weighted by Crippen LogP contribution is 2.49. The van der Waals surface area contributed by atoms with E-state index in [1.165, 1.54) is 12.1 Å². The molecule has 4 rings (SSSR count). The van der Waals surface area contributed by atoms with Crippen LogP contribution in [0.15, 0.2) is 48.5 Å². The summed E-state index contributed by atoms with van der Waals surface area (Å²) >= 11 is 0. The summed E-state index contributed by atoms with van der Waals surface area (Å²) in [4.78, 5) is 15.1. The van der Waals surface area contributed by atoms with E-state index in [1.54, 1.807) is 17.0 Å². The zero-order chi connectivity index (χ0) is 21.3. The molecule has 2 aromatic carbocycles. The van der Waals surface area contributed by atoms with E-state index in [2.05, 4.69) is 0 Å². The van der Waals surface area contributed by atoms with Gasteiger partial charge < -0.3 is 9.64 Å². The molecule has 5 nitrogen and oxygen atoms in total. The first-order valence-corrected chi connectivity index (χ1v) is 12.2. The number of hydrogen-bond acceptors (Lipinski definition) is 4. The van der Waals surface area contributed by atoms with E-state index >= 15 is 0 Å². The number of benzene rings is 2. The quantitative estimate of drug-likeness (QED) is 0.673. The summed E-state index contributed by atoms with van der Waals surface area (Å²) < 4.78 is 42.8. The van der Waals surface area contributed by atoms with E-state index in [9.17, 15) is 17.6 Å². The first-order valence-electron chi connectivity index (χ1n) is 10.3. The molecule has 0 aromatic heterocycles. The molecular formula is C23H26FNO4S. The van der Waals surface area contributed by atoms with Crippen molar-refractivity contribution in [2.45, 2.75) is 38.3 Å². The summed E-state index contributed by atoms with van der Waals surface area (Å²) in [6.45, 7) is 2.83. The van der Waals surface area contributed by atoms with Crippen molar-refractivity contribution in [3.8, 4) is 5.75 Å². The van der Waals surface area contributed by atoms with Crippen molar-refractivity contribution in [3.63, 3.8) is 0 Å². The maximum Gasteiger partial charge on any atom is 0.226 e. The van der Waals surface area contributed by atoms with Crippen molar-refractivity contribution in [3.05, 3.63) is 65.5 Å². The summed E-state index contributed by atoms with van der Waals surface area (Å²) in [6, 6.07) is 13.5. The molecule has 0 radical (unpaired) electrons. The van der Waals surface area contributed by atoms with E-state index in [4.69, 9.17) is 4.74 Å². The van der Waals surface area contributed by atoms with Crippen molar-refractivity contribution in [2.75, 3.05) is 18.1 Å². The van der Waals surface area contributed by atoms with Crippen LogP contribution in [0.5, 0.6) is 5.75 Å². The van der Waals surface area contributed by atoms with Gasteiger partial charge in [-0.05, 0) is 61.1 Å². The predicted molar refractivity (Wildman–Crippen MR) is 112 cm³/mol. The zero-order valence-electron chi connectivity index (χ0n) is 17.0. The molecule has 1 saturated heterocycles. The van der Waals surface area contributed by atoms with E-state index in [1.807, 2.05) is 31.2 Å². The van der Waals surface area contributed by atoms with Gasteiger partial charge in [0.1, 0.15) is 11.6 Å². The fourth-order valence-electron chi connectivity index (χ4n) is 4.22. The minimum atomic E-state index is -3.12. The van der Waals surface area contributed by atoms with E-state index in [0.717, 1.165) is 23.3 Å². The fourth-order valence-corrected chi connectivity index (χ4v) is 5.95. The van der Waals surface area contributed by atoms with Crippen LogP contribution in [0.25, 0.3) is 0 Å². The fraction of sp³-hybridized carbons (Fsp3) is 0.435. The largest absolute Gasteiger partial charge is 0.494 e. The Morgan fingerprint density at radius 1 is 1.13 bits per heavy atom. The van der Waals surface area contributed by atoms with E-state index in [0.29, 0.717) is 19.6 Å². The van der Waals surface area contributed by atoms with Crippen LogP contribution in [0.4, 0.5) is 4.39 Å². The number of carbonyl (C=O) groups is 1. The molecule has 1 saturated carbocycles. The van der Waals surface area contributed by atoms with Crippen molar-refractivity contribution in [2.24, 2.45) is 5.92 Å². The molecule has 3 atom stereocenters. The molecule has 2 aliphatic rings. The molecule has 0 spiro atoms. The average molecular weight is 432 g/mol. The molecule has 1 aliphatic carbocycles. The van der Waals surface area contributed by atoms with Gasteiger partial charge >= 0.3 is 0 Å². The molecule has 3 unspecified atom stereocenters. The normalized spacial score (nSPS) is 24.4. The van der Waals surface area contributed by atoms with Gasteiger partial charge in [0.25, 0.3) is 0 Å². The van der Waals surface area contributed by atoms with Gasteiger partial charge in [-0.1, -0.05) is 24.3 Å². The summed E-state index contributed by atoms with van der Waals surface area (Å²) in [5.41, 5.74) is 1.89. The Balaban J connectivity index is 1.50. The smallest absolute Gasteiger partial charge is 0.226 e. The van der Waals surface area contributed by atoms with Crippen LogP contribution in [0.1, 0.15) is 36.8 Å². The lowest BCUT2D eigenvalue weighted by Crippen LogP contribution is -2.41. The monoisotopic (exact) mass is 431 g/mol. The second-order valence-electron chi connectivity index (χ2n) is 8.10. The lowest BCUT2D eigenvalue weighted by atomic mass is 10.1. The third kappa shape index (κ3) is 4.67. The zero-order valence-corrected chi connectivity index (χ0v) is 17.8. The van der Waals surface area contributed by atoms with Gasteiger partial charge in [0.15, 0.2) is 9.84 Å². The van der Waals surface area contributed by atoms with Gasteiger partial charge in [0.2, 0.25) is 5.91 Å². The molecule has 1 amide bonds. The molecule has 7 heteroatoms. The minimum absolute atomic E-state index is 0.000372. The molecule has 2 aromatic rings. The van der Waals surface area contributed by atoms with Crippen molar-refractivity contribution < 1.29 is 22.3 Å². The minimum Gasteiger partial charge on any atom is -0.494 e. The maximum absolute atomic E-state index is 13.4. The maximum atomic E-state index is 13.4. The molecule has 1 aliphatic heterocycles. The molecule has 0 bridgehead atoms. The number of nitrogens with zero attached hydrogens (tertiary/aromatic N) is 1. The van der Waals surface area contributed by atoms with Crippen LogP contribution in [-0.2, 0) is 21.2 Å². The topological polar surface area (TPSA) is 63.7 Å².